The van der Waals surface area contributed by atoms with E-state index in [-0.39, 0.29) is 22.7 Å². The Morgan fingerprint density at radius 1 is 1.16 bits per heavy atom. The molecular formula is C25H22F4N8O. The minimum Gasteiger partial charge on any atom is -0.324 e. The van der Waals surface area contributed by atoms with E-state index in [9.17, 15) is 23.2 Å². The SMILES string of the molecule is CC(C)(C#N)c1ccc(F)c(-n2c3nc(Nc4ccc5c(c4)CNCC5)ncc3c(=O)n2CC(F)(F)F)n1. The molecule has 1 aromatic carbocycles. The Kier molecular flexibility index (Phi) is 6.15. The van der Waals surface area contributed by atoms with Gasteiger partial charge in [0.25, 0.3) is 5.56 Å². The third kappa shape index (κ3) is 4.70. The molecule has 0 amide bonds. The minimum atomic E-state index is -4.80. The van der Waals surface area contributed by atoms with Gasteiger partial charge in [0.2, 0.25) is 5.95 Å². The topological polar surface area (TPSA) is 113 Å². The van der Waals surface area contributed by atoms with Gasteiger partial charge in [0.1, 0.15) is 11.9 Å². The number of halogens is 4. The van der Waals surface area contributed by atoms with Gasteiger partial charge in [0, 0.05) is 18.4 Å². The van der Waals surface area contributed by atoms with E-state index >= 15 is 4.39 Å². The lowest BCUT2D eigenvalue weighted by Gasteiger charge is -2.19. The van der Waals surface area contributed by atoms with Crippen LogP contribution in [-0.4, -0.2) is 37.0 Å². The molecule has 1 aliphatic heterocycles. The van der Waals surface area contributed by atoms with Crippen molar-refractivity contribution in [2.24, 2.45) is 0 Å². The van der Waals surface area contributed by atoms with Gasteiger partial charge in [0.15, 0.2) is 17.3 Å². The van der Waals surface area contributed by atoms with E-state index in [1.807, 2.05) is 24.3 Å². The summed E-state index contributed by atoms with van der Waals surface area (Å²) in [5.74, 6) is -1.59. The molecule has 0 unspecified atom stereocenters. The number of pyridine rings is 1. The summed E-state index contributed by atoms with van der Waals surface area (Å²) in [6.07, 6.45) is -2.82. The lowest BCUT2D eigenvalue weighted by Crippen LogP contribution is -2.31. The predicted molar refractivity (Wildman–Crippen MR) is 131 cm³/mol. The van der Waals surface area contributed by atoms with Crippen molar-refractivity contribution in [2.45, 2.75) is 44.9 Å². The fourth-order valence-corrected chi connectivity index (χ4v) is 4.29. The van der Waals surface area contributed by atoms with Gasteiger partial charge in [-0.2, -0.15) is 23.4 Å². The fraction of sp³-hybridized carbons (Fsp3) is 0.320. The smallest absolute Gasteiger partial charge is 0.324 e. The van der Waals surface area contributed by atoms with Gasteiger partial charge in [0.05, 0.1) is 17.2 Å². The number of anilines is 2. The number of alkyl halides is 3. The first kappa shape index (κ1) is 25.3. The molecule has 1 aliphatic rings. The summed E-state index contributed by atoms with van der Waals surface area (Å²) < 4.78 is 56.6. The van der Waals surface area contributed by atoms with Crippen molar-refractivity contribution < 1.29 is 17.6 Å². The number of aromatic nitrogens is 5. The number of hydrogen-bond acceptors (Lipinski definition) is 7. The molecule has 0 atom stereocenters. The molecule has 3 aromatic heterocycles. The maximum atomic E-state index is 15.1. The van der Waals surface area contributed by atoms with Crippen LogP contribution in [0.3, 0.4) is 0 Å². The molecule has 9 nitrogen and oxygen atoms in total. The second-order valence-electron chi connectivity index (χ2n) is 9.49. The third-order valence-corrected chi connectivity index (χ3v) is 6.30. The van der Waals surface area contributed by atoms with E-state index in [2.05, 4.69) is 25.6 Å². The van der Waals surface area contributed by atoms with Crippen LogP contribution >= 0.6 is 0 Å². The van der Waals surface area contributed by atoms with Crippen molar-refractivity contribution in [1.82, 2.24) is 29.6 Å². The first-order valence-electron chi connectivity index (χ1n) is 11.7. The van der Waals surface area contributed by atoms with Gasteiger partial charge in [-0.05, 0) is 62.2 Å². The second kappa shape index (κ2) is 9.21. The first-order chi connectivity index (χ1) is 18.0. The van der Waals surface area contributed by atoms with E-state index in [0.29, 0.717) is 21.6 Å². The van der Waals surface area contributed by atoms with Crippen molar-refractivity contribution in [2.75, 3.05) is 11.9 Å². The number of fused-ring (bicyclic) bond motifs is 2. The monoisotopic (exact) mass is 526 g/mol. The maximum absolute atomic E-state index is 15.1. The fourth-order valence-electron chi connectivity index (χ4n) is 4.29. The number of hydrogen-bond donors (Lipinski definition) is 2. The van der Waals surface area contributed by atoms with Gasteiger partial charge in [-0.25, -0.2) is 23.7 Å². The van der Waals surface area contributed by atoms with E-state index in [1.165, 1.54) is 25.5 Å². The summed E-state index contributed by atoms with van der Waals surface area (Å²) in [6, 6.07) is 9.99. The van der Waals surface area contributed by atoms with Crippen LogP contribution in [0.15, 0.2) is 41.3 Å². The van der Waals surface area contributed by atoms with Crippen LogP contribution in [0.2, 0.25) is 0 Å². The lowest BCUT2D eigenvalue weighted by molar-refractivity contribution is -0.144. The summed E-state index contributed by atoms with van der Waals surface area (Å²) in [4.78, 5) is 25.6. The van der Waals surface area contributed by atoms with Crippen molar-refractivity contribution >= 4 is 22.7 Å². The summed E-state index contributed by atoms with van der Waals surface area (Å²) in [5, 5.41) is 15.5. The average molecular weight is 526 g/mol. The zero-order valence-corrected chi connectivity index (χ0v) is 20.4. The van der Waals surface area contributed by atoms with Crippen LogP contribution in [0.25, 0.3) is 16.9 Å². The molecule has 4 heterocycles. The quantitative estimate of drug-likeness (QED) is 0.380. The molecular weight excluding hydrogens is 504 g/mol. The van der Waals surface area contributed by atoms with Gasteiger partial charge in [-0.1, -0.05) is 6.07 Å². The van der Waals surface area contributed by atoms with Gasteiger partial charge >= 0.3 is 6.18 Å². The van der Waals surface area contributed by atoms with Crippen LogP contribution in [0.4, 0.5) is 29.2 Å². The van der Waals surface area contributed by atoms with Crippen molar-refractivity contribution in [3.63, 3.8) is 0 Å². The Morgan fingerprint density at radius 2 is 1.95 bits per heavy atom. The van der Waals surface area contributed by atoms with Crippen LogP contribution in [0, 0.1) is 17.1 Å². The molecule has 196 valence electrons. The Balaban J connectivity index is 1.68. The molecule has 2 N–H and O–H groups in total. The third-order valence-electron chi connectivity index (χ3n) is 6.30. The molecule has 0 fully saturated rings. The predicted octanol–water partition coefficient (Wildman–Crippen LogP) is 3.87. The van der Waals surface area contributed by atoms with Gasteiger partial charge < -0.3 is 10.6 Å². The average Bonchev–Trinajstić information content (AvgIpc) is 3.13. The molecule has 13 heteroatoms. The minimum absolute atomic E-state index is 0.00644. The van der Waals surface area contributed by atoms with Crippen molar-refractivity contribution in [3.05, 3.63) is 69.5 Å². The van der Waals surface area contributed by atoms with E-state index in [4.69, 9.17) is 0 Å². The van der Waals surface area contributed by atoms with Crippen molar-refractivity contribution in [1.29, 1.82) is 5.26 Å². The highest BCUT2D eigenvalue weighted by Gasteiger charge is 2.33. The Hall–Kier alpha value is -4.31. The maximum Gasteiger partial charge on any atom is 0.408 e. The second-order valence-corrected chi connectivity index (χ2v) is 9.49. The number of rotatable bonds is 5. The van der Waals surface area contributed by atoms with E-state index in [1.54, 1.807) is 0 Å². The molecule has 0 radical (unpaired) electrons. The molecule has 4 aromatic rings. The highest BCUT2D eigenvalue weighted by Crippen LogP contribution is 2.27. The summed E-state index contributed by atoms with van der Waals surface area (Å²) in [7, 11) is 0. The normalized spacial score (nSPS) is 13.8. The van der Waals surface area contributed by atoms with Gasteiger partial charge in [-0.3, -0.25) is 4.79 Å². The van der Waals surface area contributed by atoms with Gasteiger partial charge in [-0.15, -0.1) is 0 Å². The molecule has 0 bridgehead atoms. The molecule has 0 spiro atoms. The molecule has 38 heavy (non-hydrogen) atoms. The number of nitriles is 1. The first-order valence-corrected chi connectivity index (χ1v) is 11.7. The number of nitrogens with one attached hydrogen (secondary N) is 2. The largest absolute Gasteiger partial charge is 0.408 e. The highest BCUT2D eigenvalue weighted by molar-refractivity contribution is 5.77. The standard InChI is InChI=1S/C25H22F4N8O/c1-24(2,12-30)19-6-5-18(26)21(34-19)37-20-17(22(38)36(37)13-25(27,28)29)11-32-23(35-20)33-16-4-3-14-7-8-31-10-15(14)9-16/h3-6,9,11,31H,7-8,10,13H2,1-2H3,(H,32,33,35). The summed E-state index contributed by atoms with van der Waals surface area (Å²) >= 11 is 0. The van der Waals surface area contributed by atoms with Crippen LogP contribution in [0.1, 0.15) is 30.7 Å². The summed E-state index contributed by atoms with van der Waals surface area (Å²) in [5.41, 5.74) is 0.523. The van der Waals surface area contributed by atoms with Crippen LogP contribution < -0.4 is 16.2 Å². The lowest BCUT2D eigenvalue weighted by atomic mass is 9.91. The number of nitrogens with zero attached hydrogens (tertiary/aromatic N) is 6. The number of benzene rings is 1. The molecule has 0 saturated carbocycles. The Bertz CT molecular complexity index is 1650. The molecule has 0 aliphatic carbocycles. The van der Waals surface area contributed by atoms with E-state index < -0.39 is 35.3 Å². The van der Waals surface area contributed by atoms with Crippen LogP contribution in [0.5, 0.6) is 0 Å². The highest BCUT2D eigenvalue weighted by atomic mass is 19.4. The zero-order valence-electron chi connectivity index (χ0n) is 20.4. The summed E-state index contributed by atoms with van der Waals surface area (Å²) in [6.45, 7) is 2.92. The Morgan fingerprint density at radius 3 is 2.68 bits per heavy atom. The van der Waals surface area contributed by atoms with E-state index in [0.717, 1.165) is 30.8 Å². The Labute approximate surface area is 213 Å². The van der Waals surface area contributed by atoms with Crippen molar-refractivity contribution in [3.8, 4) is 11.9 Å². The molecule has 5 rings (SSSR count). The van der Waals surface area contributed by atoms with Crippen LogP contribution in [-0.2, 0) is 24.9 Å². The molecule has 0 saturated heterocycles. The zero-order chi connectivity index (χ0) is 27.2.